The summed E-state index contributed by atoms with van der Waals surface area (Å²) in [5, 5.41) is 23.8. The van der Waals surface area contributed by atoms with Gasteiger partial charge in [-0.3, -0.25) is 0 Å². The maximum atomic E-state index is 12.5. The Balaban J connectivity index is 2.08. The Labute approximate surface area is 210 Å². The van der Waals surface area contributed by atoms with Gasteiger partial charge in [-0.2, -0.15) is 0 Å². The van der Waals surface area contributed by atoms with E-state index in [0.29, 0.717) is 62.0 Å². The smallest absolute Gasteiger partial charge is 0.203 e. The molecule has 7 heteroatoms. The lowest BCUT2D eigenvalue weighted by Gasteiger charge is -2.34. The zero-order valence-corrected chi connectivity index (χ0v) is 21.6. The Bertz CT molecular complexity index is 1380. The van der Waals surface area contributed by atoms with Gasteiger partial charge >= 0.3 is 0 Å². The van der Waals surface area contributed by atoms with Gasteiger partial charge in [-0.1, -0.05) is 32.0 Å². The fourth-order valence-electron chi connectivity index (χ4n) is 4.91. The van der Waals surface area contributed by atoms with E-state index >= 15 is 0 Å². The Kier molecular flexibility index (Phi) is 6.78. The van der Waals surface area contributed by atoms with Gasteiger partial charge in [-0.05, 0) is 48.7 Å². The van der Waals surface area contributed by atoms with Gasteiger partial charge in [-0.15, -0.1) is 0 Å². The lowest BCUT2D eigenvalue weighted by Crippen LogP contribution is -2.34. The maximum absolute atomic E-state index is 12.5. The third kappa shape index (κ3) is 3.80. The zero-order valence-electron chi connectivity index (χ0n) is 21.6. The molecule has 1 atom stereocenters. The Hall–Kier alpha value is -3.84. The van der Waals surface area contributed by atoms with E-state index in [1.807, 2.05) is 39.0 Å². The average Bonchev–Trinajstić information content (AvgIpc) is 3.22. The molecular weight excluding hydrogens is 460 g/mol. The third-order valence-electron chi connectivity index (χ3n) is 6.71. The van der Waals surface area contributed by atoms with Crippen molar-refractivity contribution in [2.75, 3.05) is 28.4 Å². The van der Waals surface area contributed by atoms with E-state index in [-0.39, 0.29) is 11.7 Å². The molecule has 0 radical (unpaired) electrons. The number of methoxy groups -OCH3 is 4. The van der Waals surface area contributed by atoms with Gasteiger partial charge < -0.3 is 33.6 Å². The van der Waals surface area contributed by atoms with Gasteiger partial charge in [0.15, 0.2) is 11.5 Å². The third-order valence-corrected chi connectivity index (χ3v) is 6.71. The second kappa shape index (κ2) is 9.66. The Morgan fingerprint density at radius 3 is 1.97 bits per heavy atom. The van der Waals surface area contributed by atoms with Crippen LogP contribution in [0.3, 0.4) is 0 Å². The Morgan fingerprint density at radius 2 is 1.44 bits per heavy atom. The monoisotopic (exact) mass is 492 g/mol. The summed E-state index contributed by atoms with van der Waals surface area (Å²) in [6.45, 7) is 5.70. The molecule has 0 bridgehead atoms. The van der Waals surface area contributed by atoms with Gasteiger partial charge in [0.1, 0.15) is 28.4 Å². The summed E-state index contributed by atoms with van der Waals surface area (Å²) in [7, 11) is 6.19. The summed E-state index contributed by atoms with van der Waals surface area (Å²) in [4.78, 5) is 0. The predicted molar refractivity (Wildman–Crippen MR) is 139 cm³/mol. The van der Waals surface area contributed by atoms with Crippen molar-refractivity contribution in [3.05, 3.63) is 65.4 Å². The molecule has 0 aliphatic rings. The van der Waals surface area contributed by atoms with Gasteiger partial charge in [0, 0.05) is 16.5 Å². The molecule has 0 fully saturated rings. The molecule has 4 rings (SSSR count). The highest BCUT2D eigenvalue weighted by atomic mass is 16.5. The summed E-state index contributed by atoms with van der Waals surface area (Å²) in [6, 6.07) is 14.2. The summed E-state index contributed by atoms with van der Waals surface area (Å²) >= 11 is 0. The predicted octanol–water partition coefficient (Wildman–Crippen LogP) is 6.04. The van der Waals surface area contributed by atoms with Crippen molar-refractivity contribution in [1.29, 1.82) is 0 Å². The van der Waals surface area contributed by atoms with E-state index < -0.39 is 5.60 Å². The van der Waals surface area contributed by atoms with Crippen LogP contribution in [0, 0.1) is 12.8 Å². The summed E-state index contributed by atoms with van der Waals surface area (Å²) in [6.07, 6.45) is 0. The van der Waals surface area contributed by atoms with Crippen molar-refractivity contribution in [1.82, 2.24) is 0 Å². The number of phenols is 1. The van der Waals surface area contributed by atoms with Crippen LogP contribution >= 0.6 is 0 Å². The normalized spacial score (nSPS) is 13.0. The van der Waals surface area contributed by atoms with Crippen LogP contribution in [0.2, 0.25) is 0 Å². The minimum atomic E-state index is -1.48. The van der Waals surface area contributed by atoms with E-state index in [9.17, 15) is 10.2 Å². The highest BCUT2D eigenvalue weighted by Gasteiger charge is 2.41. The van der Waals surface area contributed by atoms with E-state index in [4.69, 9.17) is 23.4 Å². The molecule has 36 heavy (non-hydrogen) atoms. The first-order chi connectivity index (χ1) is 17.2. The van der Waals surface area contributed by atoms with E-state index in [2.05, 4.69) is 0 Å². The SMILES string of the molecule is COc1cc(C(O)(c2c(C)oc3c(-c4ccccc4O)c(OC)ccc23)C(C)C)cc(OC)c1OC. The van der Waals surface area contributed by atoms with Crippen molar-refractivity contribution in [2.45, 2.75) is 26.4 Å². The second-order valence-electron chi connectivity index (χ2n) is 8.91. The van der Waals surface area contributed by atoms with Gasteiger partial charge in [0.2, 0.25) is 5.75 Å². The van der Waals surface area contributed by atoms with Gasteiger partial charge in [0.05, 0.1) is 34.0 Å². The number of rotatable bonds is 8. The molecule has 0 saturated carbocycles. The molecule has 0 aliphatic carbocycles. The quantitative estimate of drug-likeness (QED) is 0.310. The first kappa shape index (κ1) is 25.3. The number of hydrogen-bond acceptors (Lipinski definition) is 7. The number of para-hydroxylation sites is 1. The number of ether oxygens (including phenoxy) is 4. The maximum Gasteiger partial charge on any atom is 0.203 e. The number of aryl methyl sites for hydroxylation is 1. The first-order valence-electron chi connectivity index (χ1n) is 11.6. The summed E-state index contributed by atoms with van der Waals surface area (Å²) < 4.78 is 28.6. The number of hydrogen-bond donors (Lipinski definition) is 2. The molecular formula is C29H32O7. The van der Waals surface area contributed by atoms with E-state index in [0.717, 1.165) is 0 Å². The molecule has 0 aliphatic heterocycles. The molecule has 0 amide bonds. The zero-order chi connectivity index (χ0) is 26.2. The van der Waals surface area contributed by atoms with E-state index in [1.54, 1.807) is 51.7 Å². The van der Waals surface area contributed by atoms with Crippen molar-refractivity contribution in [3.63, 3.8) is 0 Å². The first-order valence-corrected chi connectivity index (χ1v) is 11.6. The van der Waals surface area contributed by atoms with Gasteiger partial charge in [0.25, 0.3) is 0 Å². The molecule has 7 nitrogen and oxygen atoms in total. The minimum Gasteiger partial charge on any atom is -0.507 e. The molecule has 1 heterocycles. The summed E-state index contributed by atoms with van der Waals surface area (Å²) in [5.74, 6) is 2.24. The lowest BCUT2D eigenvalue weighted by molar-refractivity contribution is 0.0311. The van der Waals surface area contributed by atoms with Crippen LogP contribution in [0.4, 0.5) is 0 Å². The van der Waals surface area contributed by atoms with Crippen LogP contribution in [-0.2, 0) is 5.60 Å². The van der Waals surface area contributed by atoms with Crippen LogP contribution in [0.15, 0.2) is 52.9 Å². The molecule has 0 saturated heterocycles. The standard InChI is InChI=1S/C29H32O7/c1-16(2)29(31,18-14-23(33-5)28(35-7)24(15-18)34-6)26-17(3)36-27-20(26)12-13-22(32-4)25(27)19-10-8-9-11-21(19)30/h8-16,30-31H,1-7H3. The molecule has 190 valence electrons. The molecule has 4 aromatic rings. The average molecular weight is 493 g/mol. The lowest BCUT2D eigenvalue weighted by atomic mass is 9.76. The highest BCUT2D eigenvalue weighted by molar-refractivity contribution is 6.00. The van der Waals surface area contributed by atoms with Gasteiger partial charge in [-0.25, -0.2) is 0 Å². The van der Waals surface area contributed by atoms with Crippen LogP contribution < -0.4 is 18.9 Å². The molecule has 1 aromatic heterocycles. The van der Waals surface area contributed by atoms with Crippen LogP contribution in [0.5, 0.6) is 28.7 Å². The van der Waals surface area contributed by atoms with Crippen molar-refractivity contribution >= 4 is 11.0 Å². The molecule has 2 N–H and O–H groups in total. The number of furan rings is 1. The second-order valence-corrected chi connectivity index (χ2v) is 8.91. The fourth-order valence-corrected chi connectivity index (χ4v) is 4.91. The van der Waals surface area contributed by atoms with Crippen LogP contribution in [-0.4, -0.2) is 38.7 Å². The van der Waals surface area contributed by atoms with E-state index in [1.165, 1.54) is 7.11 Å². The number of benzene rings is 3. The van der Waals surface area contributed by atoms with Crippen molar-refractivity contribution in [2.24, 2.45) is 5.92 Å². The number of aromatic hydroxyl groups is 1. The molecule has 1 unspecified atom stereocenters. The highest BCUT2D eigenvalue weighted by Crippen LogP contribution is 2.50. The molecule has 0 spiro atoms. The minimum absolute atomic E-state index is 0.0997. The van der Waals surface area contributed by atoms with Crippen LogP contribution in [0.1, 0.15) is 30.7 Å². The fraction of sp³-hybridized carbons (Fsp3) is 0.310. The number of aliphatic hydroxyl groups is 1. The largest absolute Gasteiger partial charge is 0.507 e. The number of fused-ring (bicyclic) bond motifs is 1. The van der Waals surface area contributed by atoms with Crippen molar-refractivity contribution in [3.8, 4) is 39.9 Å². The topological polar surface area (TPSA) is 90.5 Å². The summed E-state index contributed by atoms with van der Waals surface area (Å²) in [5.41, 5.74) is 1.39. The number of phenolic OH excluding ortho intramolecular Hbond substituents is 1. The van der Waals surface area contributed by atoms with Crippen molar-refractivity contribution < 1.29 is 33.6 Å². The molecule has 3 aromatic carbocycles. The van der Waals surface area contributed by atoms with Crippen LogP contribution in [0.25, 0.3) is 22.1 Å². The Morgan fingerprint density at radius 1 is 0.833 bits per heavy atom.